The van der Waals surface area contributed by atoms with Crippen molar-refractivity contribution >= 4 is 11.0 Å². The van der Waals surface area contributed by atoms with E-state index in [0.29, 0.717) is 6.04 Å². The van der Waals surface area contributed by atoms with Crippen LogP contribution in [0, 0.1) is 6.92 Å². The van der Waals surface area contributed by atoms with Gasteiger partial charge in [0.15, 0.2) is 0 Å². The fraction of sp³-hybridized carbons (Fsp3) is 0.533. The van der Waals surface area contributed by atoms with Crippen LogP contribution in [0.5, 0.6) is 0 Å². The lowest BCUT2D eigenvalue weighted by atomic mass is 10.0. The van der Waals surface area contributed by atoms with E-state index in [9.17, 15) is 0 Å². The molecule has 4 nitrogen and oxygen atoms in total. The molecule has 1 atom stereocenters. The van der Waals surface area contributed by atoms with Gasteiger partial charge in [0.05, 0.1) is 11.0 Å². The number of H-pyrrole nitrogens is 1. The van der Waals surface area contributed by atoms with Gasteiger partial charge in [0, 0.05) is 25.7 Å². The molecular weight excluding hydrogens is 236 g/mol. The Morgan fingerprint density at radius 2 is 2.32 bits per heavy atom. The predicted molar refractivity (Wildman–Crippen MR) is 78.4 cm³/mol. The molecule has 1 saturated heterocycles. The van der Waals surface area contributed by atoms with Crippen LogP contribution < -0.4 is 5.32 Å². The average molecular weight is 258 g/mol. The Hall–Kier alpha value is -1.39. The second-order valence-electron chi connectivity index (χ2n) is 5.55. The highest BCUT2D eigenvalue weighted by molar-refractivity contribution is 5.75. The number of aromatic amines is 1. The molecular formula is C15H22N4. The number of likely N-dealkylation sites (N-methyl/N-ethyl adjacent to an activating group) is 1. The molecule has 102 valence electrons. The largest absolute Gasteiger partial charge is 0.342 e. The van der Waals surface area contributed by atoms with Gasteiger partial charge in [0.25, 0.3) is 0 Å². The van der Waals surface area contributed by atoms with Crippen molar-refractivity contribution in [3.05, 3.63) is 29.6 Å². The van der Waals surface area contributed by atoms with Gasteiger partial charge in [0.2, 0.25) is 0 Å². The van der Waals surface area contributed by atoms with Crippen LogP contribution in [-0.4, -0.2) is 47.6 Å². The van der Waals surface area contributed by atoms with Crippen LogP contribution in [0.1, 0.15) is 17.8 Å². The minimum atomic E-state index is 0.660. The van der Waals surface area contributed by atoms with Crippen molar-refractivity contribution in [1.29, 1.82) is 0 Å². The molecule has 4 heteroatoms. The zero-order chi connectivity index (χ0) is 13.2. The lowest BCUT2D eigenvalue weighted by Gasteiger charge is -2.33. The third-order valence-electron chi connectivity index (χ3n) is 4.08. The molecule has 1 unspecified atom stereocenters. The monoisotopic (exact) mass is 258 g/mol. The lowest BCUT2D eigenvalue weighted by Crippen LogP contribution is -2.49. The van der Waals surface area contributed by atoms with Crippen LogP contribution in [0.3, 0.4) is 0 Å². The smallest absolute Gasteiger partial charge is 0.104 e. The van der Waals surface area contributed by atoms with E-state index >= 15 is 0 Å². The van der Waals surface area contributed by atoms with E-state index in [1.54, 1.807) is 0 Å². The zero-order valence-corrected chi connectivity index (χ0v) is 11.7. The molecule has 1 aromatic carbocycles. The van der Waals surface area contributed by atoms with Gasteiger partial charge in [0.1, 0.15) is 5.82 Å². The summed E-state index contributed by atoms with van der Waals surface area (Å²) in [7, 11) is 2.23. The first-order chi connectivity index (χ1) is 9.22. The molecule has 0 spiro atoms. The Bertz CT molecular complexity index is 560. The number of hydrogen-bond acceptors (Lipinski definition) is 3. The highest BCUT2D eigenvalue weighted by atomic mass is 15.2. The Balaban J connectivity index is 1.67. The normalized spacial score (nSPS) is 21.1. The number of rotatable bonds is 3. The van der Waals surface area contributed by atoms with Crippen molar-refractivity contribution in [2.24, 2.45) is 0 Å². The van der Waals surface area contributed by atoms with E-state index in [1.807, 2.05) is 6.92 Å². The Labute approximate surface area is 114 Å². The number of hydrogen-bond donors (Lipinski definition) is 2. The van der Waals surface area contributed by atoms with E-state index in [0.717, 1.165) is 42.9 Å². The number of benzene rings is 1. The summed E-state index contributed by atoms with van der Waals surface area (Å²) in [5.41, 5.74) is 3.62. The van der Waals surface area contributed by atoms with Crippen molar-refractivity contribution in [3.63, 3.8) is 0 Å². The maximum atomic E-state index is 4.44. The van der Waals surface area contributed by atoms with Gasteiger partial charge < -0.3 is 15.2 Å². The molecule has 1 aliphatic rings. The van der Waals surface area contributed by atoms with Crippen molar-refractivity contribution in [1.82, 2.24) is 20.2 Å². The van der Waals surface area contributed by atoms with E-state index in [4.69, 9.17) is 0 Å². The van der Waals surface area contributed by atoms with E-state index < -0.39 is 0 Å². The van der Waals surface area contributed by atoms with Crippen LogP contribution in [0.2, 0.25) is 0 Å². The topological polar surface area (TPSA) is 44.0 Å². The maximum Gasteiger partial charge on any atom is 0.104 e. The molecule has 1 aromatic heterocycles. The first kappa shape index (κ1) is 12.6. The summed E-state index contributed by atoms with van der Waals surface area (Å²) in [6, 6.07) is 7.23. The van der Waals surface area contributed by atoms with Gasteiger partial charge in [-0.3, -0.25) is 0 Å². The molecule has 3 rings (SSSR count). The number of nitrogens with zero attached hydrogens (tertiary/aromatic N) is 2. The average Bonchev–Trinajstić information content (AvgIpc) is 2.77. The van der Waals surface area contributed by atoms with Crippen LogP contribution in [0.25, 0.3) is 11.0 Å². The summed E-state index contributed by atoms with van der Waals surface area (Å²) >= 11 is 0. The summed E-state index contributed by atoms with van der Waals surface area (Å²) in [4.78, 5) is 10.2. The number of imidazole rings is 1. The van der Waals surface area contributed by atoms with Crippen LogP contribution in [0.15, 0.2) is 18.2 Å². The van der Waals surface area contributed by atoms with Gasteiger partial charge in [-0.05, 0) is 44.5 Å². The van der Waals surface area contributed by atoms with Crippen molar-refractivity contribution in [3.8, 4) is 0 Å². The van der Waals surface area contributed by atoms with Crippen molar-refractivity contribution < 1.29 is 0 Å². The molecule has 0 radical (unpaired) electrons. The molecule has 19 heavy (non-hydrogen) atoms. The van der Waals surface area contributed by atoms with E-state index in [1.165, 1.54) is 12.0 Å². The second-order valence-corrected chi connectivity index (χ2v) is 5.55. The molecule has 0 saturated carbocycles. The fourth-order valence-electron chi connectivity index (χ4n) is 2.86. The number of aryl methyl sites for hydroxylation is 2. The van der Waals surface area contributed by atoms with Gasteiger partial charge in [-0.2, -0.15) is 0 Å². The minimum absolute atomic E-state index is 0.660. The number of aromatic nitrogens is 2. The minimum Gasteiger partial charge on any atom is -0.342 e. The first-order valence-electron chi connectivity index (χ1n) is 7.08. The van der Waals surface area contributed by atoms with Gasteiger partial charge in [-0.15, -0.1) is 0 Å². The fourth-order valence-corrected chi connectivity index (χ4v) is 2.86. The standard InChI is InChI=1S/C15H22N4/c1-11-17-14-6-4-12(9-15(14)18-11)3-5-13-10-16-7-8-19(13)2/h4,6,9,13,16H,3,5,7-8,10H2,1-2H3,(H,17,18). The van der Waals surface area contributed by atoms with Crippen LogP contribution in [-0.2, 0) is 6.42 Å². The van der Waals surface area contributed by atoms with Crippen LogP contribution >= 0.6 is 0 Å². The molecule has 0 amide bonds. The van der Waals surface area contributed by atoms with Crippen LogP contribution in [0.4, 0.5) is 0 Å². The molecule has 2 aromatic rings. The van der Waals surface area contributed by atoms with Crippen molar-refractivity contribution in [2.45, 2.75) is 25.8 Å². The van der Waals surface area contributed by atoms with Gasteiger partial charge >= 0.3 is 0 Å². The molecule has 1 aliphatic heterocycles. The first-order valence-corrected chi connectivity index (χ1v) is 7.08. The van der Waals surface area contributed by atoms with E-state index in [2.05, 4.69) is 45.4 Å². The zero-order valence-electron chi connectivity index (χ0n) is 11.7. The summed E-state index contributed by atoms with van der Waals surface area (Å²) in [6.07, 6.45) is 2.34. The molecule has 2 N–H and O–H groups in total. The Morgan fingerprint density at radius 3 is 3.16 bits per heavy atom. The molecule has 0 aliphatic carbocycles. The summed E-state index contributed by atoms with van der Waals surface area (Å²) in [5.74, 6) is 0.989. The third kappa shape index (κ3) is 2.80. The maximum absolute atomic E-state index is 4.44. The van der Waals surface area contributed by atoms with Gasteiger partial charge in [-0.1, -0.05) is 6.07 Å². The number of fused-ring (bicyclic) bond motifs is 1. The molecule has 1 fully saturated rings. The summed E-state index contributed by atoms with van der Waals surface area (Å²) < 4.78 is 0. The quantitative estimate of drug-likeness (QED) is 0.881. The van der Waals surface area contributed by atoms with E-state index in [-0.39, 0.29) is 0 Å². The predicted octanol–water partition coefficient (Wildman–Crippen LogP) is 1.71. The third-order valence-corrected chi connectivity index (χ3v) is 4.08. The SMILES string of the molecule is Cc1nc2ccc(CCC3CNCCN3C)cc2[nH]1. The lowest BCUT2D eigenvalue weighted by molar-refractivity contribution is 0.191. The highest BCUT2D eigenvalue weighted by Gasteiger charge is 2.17. The number of piperazine rings is 1. The second kappa shape index (κ2) is 5.31. The van der Waals surface area contributed by atoms with Crippen molar-refractivity contribution in [2.75, 3.05) is 26.7 Å². The summed E-state index contributed by atoms with van der Waals surface area (Å²) in [6.45, 7) is 5.39. The molecule has 2 heterocycles. The highest BCUT2D eigenvalue weighted by Crippen LogP contribution is 2.16. The Kier molecular flexibility index (Phi) is 3.53. The summed E-state index contributed by atoms with van der Waals surface area (Å²) in [5, 5.41) is 3.48. The number of nitrogens with one attached hydrogen (secondary N) is 2. The Morgan fingerprint density at radius 1 is 1.42 bits per heavy atom. The molecule has 0 bridgehead atoms. The van der Waals surface area contributed by atoms with Gasteiger partial charge in [-0.25, -0.2) is 4.98 Å².